The van der Waals surface area contributed by atoms with Gasteiger partial charge in [-0.15, -0.1) is 0 Å². The van der Waals surface area contributed by atoms with Gasteiger partial charge >= 0.3 is 0 Å². The van der Waals surface area contributed by atoms with Gasteiger partial charge in [-0.3, -0.25) is 14.3 Å². The molecule has 2 fully saturated rings. The summed E-state index contributed by atoms with van der Waals surface area (Å²) >= 11 is 0. The minimum Gasteiger partial charge on any atom is -0.497 e. The fourth-order valence-electron chi connectivity index (χ4n) is 8.19. The Balaban J connectivity index is 1.36. The van der Waals surface area contributed by atoms with E-state index in [1.54, 1.807) is 53.4 Å². The average Bonchev–Trinajstić information content (AvgIpc) is 3.07. The second-order valence-electron chi connectivity index (χ2n) is 14.6. The van der Waals surface area contributed by atoms with E-state index >= 15 is 0 Å². The van der Waals surface area contributed by atoms with Crippen LogP contribution in [0.5, 0.6) is 5.75 Å². The molecule has 2 aromatic carbocycles. The highest BCUT2D eigenvalue weighted by atomic mass is 19.1. The maximum Gasteiger partial charge on any atom is 0.261 e. The van der Waals surface area contributed by atoms with E-state index in [2.05, 4.69) is 44.5 Å². The van der Waals surface area contributed by atoms with Gasteiger partial charge in [-0.1, -0.05) is 33.8 Å². The van der Waals surface area contributed by atoms with Crippen LogP contribution in [0.2, 0.25) is 0 Å². The second kappa shape index (κ2) is 13.9. The summed E-state index contributed by atoms with van der Waals surface area (Å²) in [5, 5.41) is 12.7. The molecule has 3 N–H and O–H groups in total. The molecule has 2 aliphatic rings. The predicted octanol–water partition coefficient (Wildman–Crippen LogP) is 6.27. The SMILES string of the molecule is COc1ccc(CCn2c(-c3cccnc3)nc3cc(N=C(N)N4CCN(O)[C@@H](C)C4C4C[C@@H](C)CC(C)(C)[C@@H]4C)ccc3c2=O)c(F)c1. The van der Waals surface area contributed by atoms with E-state index in [-0.39, 0.29) is 36.0 Å². The van der Waals surface area contributed by atoms with Crippen molar-refractivity contribution in [1.29, 1.82) is 0 Å². The zero-order valence-corrected chi connectivity index (χ0v) is 29.3. The van der Waals surface area contributed by atoms with Crippen LogP contribution in [-0.2, 0) is 13.0 Å². The monoisotopic (exact) mass is 669 g/mol. The molecule has 1 aliphatic carbocycles. The molecule has 0 bridgehead atoms. The molecule has 6 rings (SSSR count). The first-order chi connectivity index (χ1) is 23.4. The van der Waals surface area contributed by atoms with Gasteiger partial charge in [0.2, 0.25) is 0 Å². The summed E-state index contributed by atoms with van der Waals surface area (Å²) in [5.74, 6) is 2.18. The van der Waals surface area contributed by atoms with Crippen LogP contribution in [0.3, 0.4) is 0 Å². The van der Waals surface area contributed by atoms with Crippen molar-refractivity contribution >= 4 is 22.5 Å². The van der Waals surface area contributed by atoms with Gasteiger partial charge in [0.25, 0.3) is 5.56 Å². The molecule has 0 radical (unpaired) electrons. The van der Waals surface area contributed by atoms with Gasteiger partial charge in [0.05, 0.1) is 35.8 Å². The molecule has 0 spiro atoms. The third-order valence-electron chi connectivity index (χ3n) is 11.0. The van der Waals surface area contributed by atoms with Crippen LogP contribution in [0.4, 0.5) is 10.1 Å². The van der Waals surface area contributed by atoms with E-state index in [4.69, 9.17) is 20.4 Å². The quantitative estimate of drug-likeness (QED) is 0.175. The summed E-state index contributed by atoms with van der Waals surface area (Å²) < 4.78 is 21.5. The van der Waals surface area contributed by atoms with Gasteiger partial charge in [0.15, 0.2) is 5.96 Å². The molecule has 1 aliphatic heterocycles. The van der Waals surface area contributed by atoms with E-state index in [0.717, 1.165) is 6.42 Å². The normalized spacial score (nSPS) is 24.7. The van der Waals surface area contributed by atoms with Crippen molar-refractivity contribution in [1.82, 2.24) is 24.5 Å². The van der Waals surface area contributed by atoms with Gasteiger partial charge < -0.3 is 20.6 Å². The van der Waals surface area contributed by atoms with E-state index in [0.29, 0.717) is 76.1 Å². The zero-order valence-electron chi connectivity index (χ0n) is 29.3. The van der Waals surface area contributed by atoms with Crippen molar-refractivity contribution in [2.45, 2.75) is 72.5 Å². The fraction of sp³-hybridized carbons (Fsp3) is 0.474. The number of nitrogens with zero attached hydrogens (tertiary/aromatic N) is 6. The van der Waals surface area contributed by atoms with Crippen molar-refractivity contribution in [2.75, 3.05) is 20.2 Å². The number of fused-ring (bicyclic) bond motifs is 1. The highest BCUT2D eigenvalue weighted by molar-refractivity contribution is 5.86. The Hall–Kier alpha value is -4.35. The van der Waals surface area contributed by atoms with Gasteiger partial charge in [-0.2, -0.15) is 5.06 Å². The molecule has 1 saturated carbocycles. The number of hydrogen-bond donors (Lipinski definition) is 2. The molecule has 4 aromatic rings. The zero-order chi connectivity index (χ0) is 35.0. The van der Waals surface area contributed by atoms with Crippen LogP contribution < -0.4 is 16.0 Å². The van der Waals surface area contributed by atoms with E-state index in [9.17, 15) is 14.4 Å². The highest BCUT2D eigenvalue weighted by Crippen LogP contribution is 2.49. The summed E-state index contributed by atoms with van der Waals surface area (Å²) in [5.41, 5.74) is 8.95. The summed E-state index contributed by atoms with van der Waals surface area (Å²) in [6.07, 6.45) is 5.84. The number of nitrogens with two attached hydrogens (primary N) is 1. The Bertz CT molecular complexity index is 1900. The number of ether oxygens (including phenoxy) is 1. The number of methoxy groups -OCH3 is 1. The number of aryl methyl sites for hydroxylation is 1. The lowest BCUT2D eigenvalue weighted by molar-refractivity contribution is -0.175. The summed E-state index contributed by atoms with van der Waals surface area (Å²) in [6.45, 7) is 12.6. The molecule has 260 valence electrons. The lowest BCUT2D eigenvalue weighted by Gasteiger charge is -2.54. The number of pyridine rings is 1. The number of halogens is 1. The predicted molar refractivity (Wildman–Crippen MR) is 190 cm³/mol. The minimum atomic E-state index is -0.391. The topological polar surface area (TPSA) is 122 Å². The van der Waals surface area contributed by atoms with Crippen molar-refractivity contribution in [3.05, 3.63) is 82.7 Å². The van der Waals surface area contributed by atoms with Crippen molar-refractivity contribution in [3.8, 4) is 17.1 Å². The number of aromatic nitrogens is 3. The Kier molecular flexibility index (Phi) is 9.77. The number of piperazine rings is 1. The number of aliphatic imine (C=N–C) groups is 1. The van der Waals surface area contributed by atoms with Crippen LogP contribution in [0.25, 0.3) is 22.3 Å². The number of hydrogen-bond acceptors (Lipinski definition) is 7. The average molecular weight is 670 g/mol. The van der Waals surface area contributed by atoms with Gasteiger partial charge in [0.1, 0.15) is 17.4 Å². The molecule has 0 amide bonds. The van der Waals surface area contributed by atoms with Crippen molar-refractivity contribution in [3.63, 3.8) is 0 Å². The lowest BCUT2D eigenvalue weighted by Crippen LogP contribution is -2.65. The smallest absolute Gasteiger partial charge is 0.261 e. The van der Waals surface area contributed by atoms with Gasteiger partial charge in [-0.05, 0) is 91.3 Å². The third-order valence-corrected chi connectivity index (χ3v) is 11.0. The molecule has 2 aromatic heterocycles. The molecule has 11 heteroatoms. The van der Waals surface area contributed by atoms with E-state index in [1.807, 2.05) is 6.07 Å². The van der Waals surface area contributed by atoms with E-state index < -0.39 is 5.82 Å². The van der Waals surface area contributed by atoms with Crippen LogP contribution in [0.15, 0.2) is 70.7 Å². The maximum atomic E-state index is 14.8. The summed E-state index contributed by atoms with van der Waals surface area (Å²) in [7, 11) is 1.49. The number of guanidine groups is 1. The Morgan fingerprint density at radius 1 is 1.14 bits per heavy atom. The maximum absolute atomic E-state index is 14.8. The van der Waals surface area contributed by atoms with Crippen LogP contribution >= 0.6 is 0 Å². The van der Waals surface area contributed by atoms with Crippen molar-refractivity contribution < 1.29 is 14.3 Å². The molecule has 5 atom stereocenters. The molecular formula is C38H48FN7O3. The van der Waals surface area contributed by atoms with Crippen LogP contribution in [0.1, 0.15) is 53.0 Å². The molecule has 2 unspecified atom stereocenters. The number of benzene rings is 2. The highest BCUT2D eigenvalue weighted by Gasteiger charge is 2.48. The first kappa shape index (κ1) is 34.5. The molecule has 49 heavy (non-hydrogen) atoms. The Morgan fingerprint density at radius 2 is 1.94 bits per heavy atom. The molecular weight excluding hydrogens is 621 g/mol. The van der Waals surface area contributed by atoms with Crippen LogP contribution in [-0.4, -0.2) is 67.9 Å². The van der Waals surface area contributed by atoms with Crippen molar-refractivity contribution in [2.24, 2.45) is 33.9 Å². The number of hydroxylamine groups is 2. The fourth-order valence-corrected chi connectivity index (χ4v) is 8.19. The molecule has 3 heterocycles. The molecule has 1 saturated heterocycles. The lowest BCUT2D eigenvalue weighted by atomic mass is 9.58. The Labute approximate surface area is 287 Å². The Morgan fingerprint density at radius 3 is 2.65 bits per heavy atom. The first-order valence-corrected chi connectivity index (χ1v) is 17.2. The second-order valence-corrected chi connectivity index (χ2v) is 14.6. The largest absolute Gasteiger partial charge is 0.497 e. The van der Waals surface area contributed by atoms with Gasteiger partial charge in [0, 0.05) is 43.7 Å². The van der Waals surface area contributed by atoms with E-state index in [1.165, 1.54) is 24.7 Å². The summed E-state index contributed by atoms with van der Waals surface area (Å²) in [6, 6.07) is 13.5. The standard InChI is InChI=1S/C38H48FN7O3/c1-23-18-31(24(2)38(4,5)21-23)34-25(3)46(48)17-16-44(34)37(40)42-28-10-12-30-33(19-28)43-35(27-8-7-14-41-22-27)45(36(30)47)15-13-26-9-11-29(49-6)20-32(26)39/h7-12,14,19-20,22-25,31,34,48H,13,15-18,21H2,1-6H3,(H2,40,42)/t23-,24-,25+,31?,34?/m1/s1. The third kappa shape index (κ3) is 6.91. The first-order valence-electron chi connectivity index (χ1n) is 17.2. The minimum absolute atomic E-state index is 0.0157. The summed E-state index contributed by atoms with van der Waals surface area (Å²) in [4.78, 5) is 30.2. The number of rotatable bonds is 7. The van der Waals surface area contributed by atoms with Gasteiger partial charge in [-0.25, -0.2) is 14.4 Å². The molecule has 10 nitrogen and oxygen atoms in total. The van der Waals surface area contributed by atoms with Crippen LogP contribution in [0, 0.1) is 29.0 Å².